The molecule has 1 aromatic carbocycles. The molecule has 112 valence electrons. The highest BCUT2D eigenvalue weighted by Gasteiger charge is 2.54. The van der Waals surface area contributed by atoms with E-state index in [4.69, 9.17) is 4.74 Å². The number of fused-ring (bicyclic) bond motifs is 5. The van der Waals surface area contributed by atoms with Crippen molar-refractivity contribution in [3.8, 4) is 5.75 Å². The largest absolute Gasteiger partial charge is 0.497 e. The van der Waals surface area contributed by atoms with Gasteiger partial charge in [-0.25, -0.2) is 0 Å². The normalized spacial score (nSPS) is 37.6. The summed E-state index contributed by atoms with van der Waals surface area (Å²) in [4.78, 5) is 13.7. The summed E-state index contributed by atoms with van der Waals surface area (Å²) >= 11 is 1.96. The third-order valence-corrected chi connectivity index (χ3v) is 7.41. The second-order valence-corrected chi connectivity index (χ2v) is 8.07. The molecule has 0 bridgehead atoms. The minimum absolute atomic E-state index is 0.0221. The molecule has 0 unspecified atom stereocenters. The van der Waals surface area contributed by atoms with Crippen LogP contribution >= 0.6 is 11.8 Å². The molecule has 0 N–H and O–H groups in total. The molecule has 0 saturated heterocycles. The van der Waals surface area contributed by atoms with Crippen LogP contribution in [-0.4, -0.2) is 18.6 Å². The van der Waals surface area contributed by atoms with E-state index < -0.39 is 0 Å². The van der Waals surface area contributed by atoms with Gasteiger partial charge >= 0.3 is 0 Å². The van der Waals surface area contributed by atoms with Crippen LogP contribution in [-0.2, 0) is 4.79 Å². The van der Waals surface area contributed by atoms with Crippen molar-refractivity contribution in [3.05, 3.63) is 23.8 Å². The summed E-state index contributed by atoms with van der Waals surface area (Å²) in [5.74, 6) is 4.58. The lowest BCUT2D eigenvalue weighted by Crippen LogP contribution is -2.42. The van der Waals surface area contributed by atoms with Gasteiger partial charge in [0.15, 0.2) is 0 Å². The zero-order valence-corrected chi connectivity index (χ0v) is 13.5. The van der Waals surface area contributed by atoms with Crippen LogP contribution in [0.25, 0.3) is 0 Å². The summed E-state index contributed by atoms with van der Waals surface area (Å²) < 4.78 is 5.36. The number of hydrogen-bond donors (Lipinski definition) is 0. The zero-order chi connectivity index (χ0) is 14.6. The van der Waals surface area contributed by atoms with Crippen molar-refractivity contribution in [1.82, 2.24) is 0 Å². The molecule has 2 nitrogen and oxygen atoms in total. The number of benzene rings is 1. The SMILES string of the molecule is COc1ccc2c(c1)SC[C@@H]1[C@@H]2CC[C@]2(C)C(=O)CC[C@H]12. The number of carbonyl (C=O) groups excluding carboxylic acids is 1. The fourth-order valence-corrected chi connectivity index (χ4v) is 6.36. The van der Waals surface area contributed by atoms with Crippen molar-refractivity contribution >= 4 is 17.5 Å². The highest BCUT2D eigenvalue weighted by atomic mass is 32.2. The first-order valence-electron chi connectivity index (χ1n) is 7.97. The van der Waals surface area contributed by atoms with E-state index in [1.165, 1.54) is 22.6 Å². The van der Waals surface area contributed by atoms with Crippen molar-refractivity contribution in [1.29, 1.82) is 0 Å². The first kappa shape index (κ1) is 13.7. The van der Waals surface area contributed by atoms with Gasteiger partial charge in [0.1, 0.15) is 11.5 Å². The number of thioether (sulfide) groups is 1. The number of Topliss-reactive ketones (excluding diaryl/α,β-unsaturated/α-hetero) is 1. The molecule has 4 rings (SSSR count). The van der Waals surface area contributed by atoms with Crippen molar-refractivity contribution in [2.75, 3.05) is 12.9 Å². The average molecular weight is 302 g/mol. The summed E-state index contributed by atoms with van der Waals surface area (Å²) in [7, 11) is 1.73. The van der Waals surface area contributed by atoms with Gasteiger partial charge in [-0.1, -0.05) is 13.0 Å². The molecule has 21 heavy (non-hydrogen) atoms. The lowest BCUT2D eigenvalue weighted by Gasteiger charge is -2.47. The Balaban J connectivity index is 1.70. The van der Waals surface area contributed by atoms with Crippen molar-refractivity contribution in [3.63, 3.8) is 0 Å². The lowest BCUT2D eigenvalue weighted by atomic mass is 9.59. The molecular formula is C18H22O2S. The van der Waals surface area contributed by atoms with Crippen molar-refractivity contribution in [2.45, 2.75) is 43.4 Å². The van der Waals surface area contributed by atoms with Crippen LogP contribution in [0.1, 0.15) is 44.1 Å². The smallest absolute Gasteiger partial charge is 0.139 e. The Morgan fingerprint density at radius 3 is 3.00 bits per heavy atom. The quantitative estimate of drug-likeness (QED) is 0.774. The predicted molar refractivity (Wildman–Crippen MR) is 85.0 cm³/mol. The maximum absolute atomic E-state index is 12.3. The van der Waals surface area contributed by atoms with E-state index in [0.717, 1.165) is 25.0 Å². The van der Waals surface area contributed by atoms with Gasteiger partial charge in [0, 0.05) is 22.5 Å². The standard InChI is InChI=1S/C18H22O2S/c1-18-8-7-12-13-4-3-11(20-2)9-16(13)21-10-14(12)15(18)5-6-17(18)19/h3-4,9,12,14-15H,5-8,10H2,1-2H3/t12-,14-,15-,18+/m1/s1. The minimum Gasteiger partial charge on any atom is -0.497 e. The van der Waals surface area contributed by atoms with Crippen LogP contribution in [0.2, 0.25) is 0 Å². The third kappa shape index (κ3) is 1.89. The van der Waals surface area contributed by atoms with Gasteiger partial charge in [0.2, 0.25) is 0 Å². The average Bonchev–Trinajstić information content (AvgIpc) is 2.82. The molecule has 2 fully saturated rings. The maximum atomic E-state index is 12.3. The molecule has 0 radical (unpaired) electrons. The van der Waals surface area contributed by atoms with Gasteiger partial charge in [0.05, 0.1) is 7.11 Å². The van der Waals surface area contributed by atoms with Gasteiger partial charge in [-0.15, -0.1) is 11.8 Å². The van der Waals surface area contributed by atoms with E-state index in [9.17, 15) is 4.79 Å². The molecule has 2 saturated carbocycles. The van der Waals surface area contributed by atoms with E-state index in [-0.39, 0.29) is 5.41 Å². The molecule has 1 heterocycles. The van der Waals surface area contributed by atoms with Gasteiger partial charge in [-0.05, 0) is 54.7 Å². The van der Waals surface area contributed by atoms with Crippen LogP contribution in [0.4, 0.5) is 0 Å². The van der Waals surface area contributed by atoms with E-state index in [1.54, 1.807) is 7.11 Å². The molecule has 0 aromatic heterocycles. The van der Waals surface area contributed by atoms with Gasteiger partial charge in [0.25, 0.3) is 0 Å². The zero-order valence-electron chi connectivity index (χ0n) is 12.7. The summed E-state index contributed by atoms with van der Waals surface area (Å²) in [6.45, 7) is 2.23. The first-order valence-corrected chi connectivity index (χ1v) is 8.96. The summed E-state index contributed by atoms with van der Waals surface area (Å²) in [6, 6.07) is 6.54. The molecule has 3 aliphatic rings. The van der Waals surface area contributed by atoms with E-state index >= 15 is 0 Å². The topological polar surface area (TPSA) is 26.3 Å². The fourth-order valence-electron chi connectivity index (χ4n) is 4.94. The second-order valence-electron chi connectivity index (χ2n) is 7.01. The number of carbonyl (C=O) groups is 1. The molecule has 3 heteroatoms. The Morgan fingerprint density at radius 1 is 1.33 bits per heavy atom. The number of ketones is 1. The molecule has 1 aliphatic heterocycles. The molecule has 1 aromatic rings. The Kier molecular flexibility index (Phi) is 3.11. The number of ether oxygens (including phenoxy) is 1. The lowest BCUT2D eigenvalue weighted by molar-refractivity contribution is -0.128. The van der Waals surface area contributed by atoms with E-state index in [0.29, 0.717) is 23.5 Å². The Bertz CT molecular complexity index is 597. The third-order valence-electron chi connectivity index (χ3n) is 6.20. The first-order chi connectivity index (χ1) is 10.1. The predicted octanol–water partition coefficient (Wildman–Crippen LogP) is 4.28. The van der Waals surface area contributed by atoms with Crippen molar-refractivity contribution in [2.24, 2.45) is 17.3 Å². The van der Waals surface area contributed by atoms with Crippen LogP contribution in [0.3, 0.4) is 0 Å². The number of methoxy groups -OCH3 is 1. The van der Waals surface area contributed by atoms with Gasteiger partial charge in [-0.3, -0.25) is 4.79 Å². The Labute approximate surface area is 130 Å². The van der Waals surface area contributed by atoms with Crippen LogP contribution in [0.5, 0.6) is 5.75 Å². The van der Waals surface area contributed by atoms with Crippen molar-refractivity contribution < 1.29 is 9.53 Å². The van der Waals surface area contributed by atoms with Crippen LogP contribution in [0, 0.1) is 17.3 Å². The Hall–Kier alpha value is -0.960. The van der Waals surface area contributed by atoms with E-state index in [2.05, 4.69) is 25.1 Å². The van der Waals surface area contributed by atoms with Crippen LogP contribution in [0.15, 0.2) is 23.1 Å². The summed E-state index contributed by atoms with van der Waals surface area (Å²) in [6.07, 6.45) is 4.17. The molecule has 2 aliphatic carbocycles. The monoisotopic (exact) mass is 302 g/mol. The summed E-state index contributed by atoms with van der Waals surface area (Å²) in [5.41, 5.74) is 1.48. The molecule has 0 spiro atoms. The maximum Gasteiger partial charge on any atom is 0.139 e. The number of hydrogen-bond acceptors (Lipinski definition) is 3. The fraction of sp³-hybridized carbons (Fsp3) is 0.611. The number of rotatable bonds is 1. The summed E-state index contributed by atoms with van der Waals surface area (Å²) in [5, 5.41) is 0. The van der Waals surface area contributed by atoms with Crippen LogP contribution < -0.4 is 4.74 Å². The minimum atomic E-state index is -0.0221. The molecular weight excluding hydrogens is 280 g/mol. The Morgan fingerprint density at radius 2 is 2.19 bits per heavy atom. The highest BCUT2D eigenvalue weighted by molar-refractivity contribution is 7.99. The highest BCUT2D eigenvalue weighted by Crippen LogP contribution is 2.60. The van der Waals surface area contributed by atoms with Gasteiger partial charge < -0.3 is 4.74 Å². The van der Waals surface area contributed by atoms with Gasteiger partial charge in [-0.2, -0.15) is 0 Å². The van der Waals surface area contributed by atoms with E-state index in [1.807, 2.05) is 11.8 Å². The second kappa shape index (κ2) is 4.77. The molecule has 0 amide bonds. The molecule has 4 atom stereocenters.